The lowest BCUT2D eigenvalue weighted by atomic mass is 9.84. The molecule has 0 fully saturated rings. The molecular formula is C32H33O4Si. The maximum atomic E-state index is 12.5. The summed E-state index contributed by atoms with van der Waals surface area (Å²) in [5.74, 6) is 0.227. The van der Waals surface area contributed by atoms with Gasteiger partial charge in [-0.3, -0.25) is 0 Å². The molecule has 0 saturated carbocycles. The zero-order valence-electron chi connectivity index (χ0n) is 22.0. The molecule has 0 aliphatic carbocycles. The number of methoxy groups -OCH3 is 2. The number of esters is 1. The van der Waals surface area contributed by atoms with Crippen LogP contribution < -0.4 is 15.1 Å². The van der Waals surface area contributed by atoms with Crippen molar-refractivity contribution >= 4 is 25.4 Å². The van der Waals surface area contributed by atoms with Gasteiger partial charge in [0.25, 0.3) is 9.04 Å². The van der Waals surface area contributed by atoms with E-state index in [9.17, 15) is 4.79 Å². The lowest BCUT2D eigenvalue weighted by molar-refractivity contribution is 0.0601. The molecule has 0 heterocycles. The standard InChI is InChI=1S/C32H33O4Si/c1-32(2,3)30(36-37(25-13-8-6-9-14-25)26-15-10-7-11-16-26)24-21-19-23(20-22-24)29-27(31(33)35-5)17-12-18-28(29)34-4/h6-22,30H,1-5H3. The zero-order chi connectivity index (χ0) is 26.4. The highest BCUT2D eigenvalue weighted by Gasteiger charge is 2.32. The van der Waals surface area contributed by atoms with Crippen LogP contribution in [0.25, 0.3) is 11.1 Å². The molecule has 37 heavy (non-hydrogen) atoms. The van der Waals surface area contributed by atoms with Crippen molar-refractivity contribution in [1.82, 2.24) is 0 Å². The molecule has 4 rings (SSSR count). The average Bonchev–Trinajstić information content (AvgIpc) is 2.93. The van der Waals surface area contributed by atoms with Gasteiger partial charge in [-0.05, 0) is 39.0 Å². The highest BCUT2D eigenvalue weighted by atomic mass is 28.3. The summed E-state index contributed by atoms with van der Waals surface area (Å²) in [4.78, 5) is 12.5. The van der Waals surface area contributed by atoms with E-state index < -0.39 is 15.0 Å². The molecule has 4 aromatic carbocycles. The number of benzene rings is 4. The summed E-state index contributed by atoms with van der Waals surface area (Å²) < 4.78 is 17.7. The molecule has 0 aromatic heterocycles. The molecule has 1 atom stereocenters. The van der Waals surface area contributed by atoms with Gasteiger partial charge >= 0.3 is 5.97 Å². The van der Waals surface area contributed by atoms with Gasteiger partial charge in [0.2, 0.25) is 0 Å². The first kappa shape index (κ1) is 26.4. The van der Waals surface area contributed by atoms with Crippen LogP contribution >= 0.6 is 0 Å². The lowest BCUT2D eigenvalue weighted by Crippen LogP contribution is -2.47. The molecule has 0 spiro atoms. The predicted octanol–water partition coefficient (Wildman–Crippen LogP) is 6.06. The Labute approximate surface area is 221 Å². The predicted molar refractivity (Wildman–Crippen MR) is 151 cm³/mol. The number of carbonyl (C=O) groups is 1. The fourth-order valence-corrected chi connectivity index (χ4v) is 6.77. The molecule has 189 valence electrons. The Balaban J connectivity index is 1.74. The van der Waals surface area contributed by atoms with Crippen molar-refractivity contribution in [3.05, 3.63) is 114 Å². The largest absolute Gasteiger partial charge is 0.496 e. The smallest absolute Gasteiger partial charge is 0.338 e. The second-order valence-corrected chi connectivity index (χ2v) is 12.0. The third-order valence-corrected chi connectivity index (χ3v) is 8.43. The molecule has 0 bridgehead atoms. The Bertz CT molecular complexity index is 1270. The summed E-state index contributed by atoms with van der Waals surface area (Å²) in [7, 11) is 1.49. The Hall–Kier alpha value is -3.67. The minimum atomic E-state index is -1.50. The minimum absolute atomic E-state index is 0.145. The van der Waals surface area contributed by atoms with Crippen LogP contribution in [0.5, 0.6) is 5.75 Å². The van der Waals surface area contributed by atoms with Gasteiger partial charge in [0.15, 0.2) is 0 Å². The number of carbonyl (C=O) groups excluding carboxylic acids is 1. The van der Waals surface area contributed by atoms with Gasteiger partial charge in [0.1, 0.15) is 5.75 Å². The first-order chi connectivity index (χ1) is 17.8. The maximum Gasteiger partial charge on any atom is 0.338 e. The van der Waals surface area contributed by atoms with Crippen molar-refractivity contribution < 1.29 is 18.7 Å². The molecule has 4 nitrogen and oxygen atoms in total. The summed E-state index contributed by atoms with van der Waals surface area (Å²) >= 11 is 0. The fraction of sp³-hybridized carbons (Fsp3) is 0.219. The number of hydrogen-bond donors (Lipinski definition) is 0. The van der Waals surface area contributed by atoms with Gasteiger partial charge in [-0.1, -0.05) is 112 Å². The maximum absolute atomic E-state index is 12.5. The van der Waals surface area contributed by atoms with Crippen LogP contribution in [0.3, 0.4) is 0 Å². The molecule has 0 amide bonds. The van der Waals surface area contributed by atoms with E-state index in [2.05, 4.69) is 81.4 Å². The highest BCUT2D eigenvalue weighted by Crippen LogP contribution is 2.39. The molecule has 4 aromatic rings. The Morgan fingerprint density at radius 3 is 1.78 bits per heavy atom. The van der Waals surface area contributed by atoms with Crippen LogP contribution in [0, 0.1) is 5.41 Å². The number of hydrogen-bond acceptors (Lipinski definition) is 4. The van der Waals surface area contributed by atoms with Crippen molar-refractivity contribution in [2.24, 2.45) is 5.41 Å². The second-order valence-electron chi connectivity index (χ2n) is 9.92. The summed E-state index contributed by atoms with van der Waals surface area (Å²) in [6.45, 7) is 6.61. The number of ether oxygens (including phenoxy) is 2. The third kappa shape index (κ3) is 6.01. The molecule has 0 aliphatic rings. The third-order valence-electron chi connectivity index (χ3n) is 6.25. The van der Waals surface area contributed by atoms with Crippen molar-refractivity contribution in [3.63, 3.8) is 0 Å². The van der Waals surface area contributed by atoms with Crippen LogP contribution in [0.15, 0.2) is 103 Å². The first-order valence-corrected chi connectivity index (χ1v) is 13.7. The highest BCUT2D eigenvalue weighted by molar-refractivity contribution is 6.80. The molecule has 0 aliphatic heterocycles. The summed E-state index contributed by atoms with van der Waals surface area (Å²) in [5, 5.41) is 2.42. The van der Waals surface area contributed by atoms with Crippen molar-refractivity contribution in [2.75, 3.05) is 14.2 Å². The fourth-order valence-electron chi connectivity index (χ4n) is 4.45. The van der Waals surface area contributed by atoms with E-state index in [4.69, 9.17) is 13.9 Å². The van der Waals surface area contributed by atoms with Gasteiger partial charge in [-0.15, -0.1) is 0 Å². The Morgan fingerprint density at radius 2 is 1.30 bits per heavy atom. The molecule has 5 heteroatoms. The molecule has 0 N–H and O–H groups in total. The number of rotatable bonds is 8. The summed E-state index contributed by atoms with van der Waals surface area (Å²) in [6, 6.07) is 34.6. The van der Waals surface area contributed by atoms with Gasteiger partial charge < -0.3 is 13.9 Å². The van der Waals surface area contributed by atoms with E-state index in [0.717, 1.165) is 16.7 Å². The van der Waals surface area contributed by atoms with E-state index >= 15 is 0 Å². The van der Waals surface area contributed by atoms with E-state index in [1.54, 1.807) is 19.2 Å². The van der Waals surface area contributed by atoms with Gasteiger partial charge in [0, 0.05) is 5.56 Å². The van der Waals surface area contributed by atoms with Gasteiger partial charge in [-0.25, -0.2) is 4.79 Å². The quantitative estimate of drug-likeness (QED) is 0.214. The van der Waals surface area contributed by atoms with E-state index in [1.165, 1.54) is 17.5 Å². The van der Waals surface area contributed by atoms with E-state index in [0.29, 0.717) is 11.3 Å². The second kappa shape index (κ2) is 11.6. The van der Waals surface area contributed by atoms with Gasteiger partial charge in [0.05, 0.1) is 25.9 Å². The molecule has 1 radical (unpaired) electrons. The van der Waals surface area contributed by atoms with E-state index in [1.807, 2.05) is 30.3 Å². The lowest BCUT2D eigenvalue weighted by Gasteiger charge is -2.34. The first-order valence-electron chi connectivity index (χ1n) is 12.3. The average molecular weight is 510 g/mol. The minimum Gasteiger partial charge on any atom is -0.496 e. The molecule has 1 unspecified atom stereocenters. The van der Waals surface area contributed by atoms with Crippen LogP contribution in [-0.2, 0) is 9.16 Å². The normalized spacial score (nSPS) is 12.3. The van der Waals surface area contributed by atoms with Crippen LogP contribution in [0.4, 0.5) is 0 Å². The van der Waals surface area contributed by atoms with Crippen molar-refractivity contribution in [2.45, 2.75) is 26.9 Å². The Kier molecular flexibility index (Phi) is 8.26. The topological polar surface area (TPSA) is 44.8 Å². The van der Waals surface area contributed by atoms with Crippen molar-refractivity contribution in [3.8, 4) is 16.9 Å². The SMILES string of the molecule is COC(=O)c1cccc(OC)c1-c1ccc(C(O[Si](c2ccccc2)c2ccccc2)C(C)(C)C)cc1. The summed E-state index contributed by atoms with van der Waals surface area (Å²) in [6.07, 6.45) is -0.145. The van der Waals surface area contributed by atoms with E-state index in [-0.39, 0.29) is 11.5 Å². The monoisotopic (exact) mass is 509 g/mol. The summed E-state index contributed by atoms with van der Waals surface area (Å²) in [5.41, 5.74) is 3.00. The van der Waals surface area contributed by atoms with Crippen LogP contribution in [-0.4, -0.2) is 29.2 Å². The van der Waals surface area contributed by atoms with Gasteiger partial charge in [-0.2, -0.15) is 0 Å². The zero-order valence-corrected chi connectivity index (χ0v) is 23.0. The Morgan fingerprint density at radius 1 is 0.730 bits per heavy atom. The van der Waals surface area contributed by atoms with Crippen molar-refractivity contribution in [1.29, 1.82) is 0 Å². The molecular weight excluding hydrogens is 476 g/mol. The van der Waals surface area contributed by atoms with Crippen LogP contribution in [0.1, 0.15) is 42.8 Å². The van der Waals surface area contributed by atoms with Crippen LogP contribution in [0.2, 0.25) is 0 Å². The molecule has 0 saturated heterocycles.